The molecule has 7 nitrogen and oxygen atoms in total. The third kappa shape index (κ3) is 4.46. The van der Waals surface area contributed by atoms with Crippen LogP contribution < -0.4 is 4.90 Å². The minimum absolute atomic E-state index is 0.0557. The summed E-state index contributed by atoms with van der Waals surface area (Å²) in [5.74, 6) is 0.946. The van der Waals surface area contributed by atoms with Crippen molar-refractivity contribution in [3.05, 3.63) is 46.9 Å². The minimum atomic E-state index is -2.57. The van der Waals surface area contributed by atoms with E-state index in [1.54, 1.807) is 23.1 Å². The lowest BCUT2D eigenvalue weighted by atomic mass is 9.92. The number of anilines is 2. The summed E-state index contributed by atoms with van der Waals surface area (Å²) in [4.78, 5) is 4.71. The molecule has 1 aromatic carbocycles. The van der Waals surface area contributed by atoms with E-state index in [1.807, 2.05) is 13.1 Å². The number of nitrogens with zero attached hydrogens (tertiary/aromatic N) is 6. The first-order valence-corrected chi connectivity index (χ1v) is 13.5. The van der Waals surface area contributed by atoms with Crippen LogP contribution in [0, 0.1) is 0 Å². The second kappa shape index (κ2) is 9.83. The average Bonchev–Trinajstić information content (AvgIpc) is 3.51. The van der Waals surface area contributed by atoms with Gasteiger partial charge in [0.1, 0.15) is 0 Å². The molecule has 0 bridgehead atoms. The lowest BCUT2D eigenvalue weighted by Crippen LogP contribution is -2.37. The number of benzene rings is 1. The number of fused-ring (bicyclic) bond motifs is 2. The topological polar surface area (TPSA) is 51.3 Å². The van der Waals surface area contributed by atoms with Crippen LogP contribution >= 0.6 is 0 Å². The van der Waals surface area contributed by atoms with Gasteiger partial charge in [-0.05, 0) is 62.8 Å². The molecule has 0 unspecified atom stereocenters. The molecular formula is C28H36F2N6O. The van der Waals surface area contributed by atoms with Gasteiger partial charge in [0.05, 0.1) is 12.2 Å². The lowest BCUT2D eigenvalue weighted by molar-refractivity contribution is 0.0649. The molecule has 3 aliphatic heterocycles. The number of alkyl halides is 2. The van der Waals surface area contributed by atoms with Crippen molar-refractivity contribution in [3.8, 4) is 11.1 Å². The Labute approximate surface area is 217 Å². The molecule has 37 heavy (non-hydrogen) atoms. The highest BCUT2D eigenvalue weighted by molar-refractivity contribution is 5.76. The maximum absolute atomic E-state index is 14.4. The van der Waals surface area contributed by atoms with Crippen LogP contribution in [-0.4, -0.2) is 56.8 Å². The normalized spacial score (nSPS) is 19.1. The molecule has 2 aromatic heterocycles. The number of aromatic nitrogens is 4. The number of hydrogen-bond donors (Lipinski definition) is 0. The summed E-state index contributed by atoms with van der Waals surface area (Å²) in [7, 11) is 1.81. The zero-order chi connectivity index (χ0) is 25.7. The molecule has 1 fully saturated rings. The highest BCUT2D eigenvalue weighted by atomic mass is 19.3. The fraction of sp³-hybridized carbons (Fsp3) is 0.571. The maximum Gasteiger partial charge on any atom is 0.264 e. The van der Waals surface area contributed by atoms with Gasteiger partial charge in [-0.2, -0.15) is 10.2 Å². The Hall–Kier alpha value is -2.78. The summed E-state index contributed by atoms with van der Waals surface area (Å²) in [5.41, 5.74) is 5.90. The van der Waals surface area contributed by atoms with E-state index in [4.69, 9.17) is 9.84 Å². The fourth-order valence-corrected chi connectivity index (χ4v) is 6.20. The third-order valence-corrected chi connectivity index (χ3v) is 8.24. The third-order valence-electron chi connectivity index (χ3n) is 8.24. The van der Waals surface area contributed by atoms with Crippen LogP contribution in [0.5, 0.6) is 0 Å². The summed E-state index contributed by atoms with van der Waals surface area (Å²) < 4.78 is 38.3. The summed E-state index contributed by atoms with van der Waals surface area (Å²) in [6.07, 6.45) is 5.60. The number of ether oxygens (including phenoxy) is 1. The molecule has 1 saturated heterocycles. The quantitative estimate of drug-likeness (QED) is 0.459. The monoisotopic (exact) mass is 510 g/mol. The molecule has 0 radical (unpaired) electrons. The van der Waals surface area contributed by atoms with Gasteiger partial charge in [-0.15, -0.1) is 0 Å². The van der Waals surface area contributed by atoms with E-state index in [2.05, 4.69) is 33.4 Å². The van der Waals surface area contributed by atoms with Crippen molar-refractivity contribution in [2.24, 2.45) is 7.05 Å². The molecule has 9 heteroatoms. The Balaban J connectivity index is 1.46. The van der Waals surface area contributed by atoms with Crippen molar-refractivity contribution in [3.63, 3.8) is 0 Å². The molecule has 0 saturated carbocycles. The zero-order valence-corrected chi connectivity index (χ0v) is 22.0. The van der Waals surface area contributed by atoms with E-state index in [0.717, 1.165) is 87.6 Å². The van der Waals surface area contributed by atoms with Crippen molar-refractivity contribution in [1.82, 2.24) is 24.5 Å². The van der Waals surface area contributed by atoms with Crippen molar-refractivity contribution >= 4 is 11.5 Å². The first-order chi connectivity index (χ1) is 17.9. The number of hydrogen-bond acceptors (Lipinski definition) is 5. The Kier molecular flexibility index (Phi) is 6.52. The second-order valence-corrected chi connectivity index (χ2v) is 10.9. The van der Waals surface area contributed by atoms with Gasteiger partial charge in [0.2, 0.25) is 0 Å². The molecule has 3 aromatic rings. The number of aryl methyl sites for hydroxylation is 2. The predicted molar refractivity (Wildman–Crippen MR) is 139 cm³/mol. The van der Waals surface area contributed by atoms with Crippen molar-refractivity contribution in [1.29, 1.82) is 0 Å². The predicted octanol–water partition coefficient (Wildman–Crippen LogP) is 5.42. The highest BCUT2D eigenvalue weighted by Gasteiger charge is 2.34. The van der Waals surface area contributed by atoms with Crippen LogP contribution in [0.3, 0.4) is 0 Å². The molecule has 0 spiro atoms. The van der Waals surface area contributed by atoms with E-state index in [0.29, 0.717) is 17.6 Å². The molecule has 0 amide bonds. The Bertz CT molecular complexity index is 1280. The molecule has 0 N–H and O–H groups in total. The van der Waals surface area contributed by atoms with Gasteiger partial charge in [-0.1, -0.05) is 0 Å². The summed E-state index contributed by atoms with van der Waals surface area (Å²) in [6, 6.07) is 4.44. The van der Waals surface area contributed by atoms with Crippen LogP contribution in [0.15, 0.2) is 24.5 Å². The van der Waals surface area contributed by atoms with E-state index in [1.165, 1.54) is 11.3 Å². The maximum atomic E-state index is 14.4. The summed E-state index contributed by atoms with van der Waals surface area (Å²) >= 11 is 0. The SMILES string of the molecule is CC(C)N1CCc2c(c(N3CCCc4cc(-c5cnn(C)c5)c(C(F)F)cc43)nn2C2CCOCC2)C1. The van der Waals surface area contributed by atoms with Crippen molar-refractivity contribution in [2.75, 3.05) is 31.2 Å². The van der Waals surface area contributed by atoms with E-state index >= 15 is 0 Å². The Morgan fingerprint density at radius 1 is 1.08 bits per heavy atom. The van der Waals surface area contributed by atoms with Gasteiger partial charge in [-0.25, -0.2) is 8.78 Å². The van der Waals surface area contributed by atoms with E-state index < -0.39 is 6.43 Å². The van der Waals surface area contributed by atoms with Crippen molar-refractivity contribution < 1.29 is 13.5 Å². The summed E-state index contributed by atoms with van der Waals surface area (Å²) in [6.45, 7) is 8.62. The van der Waals surface area contributed by atoms with Crippen LogP contribution in [0.4, 0.5) is 20.3 Å². The van der Waals surface area contributed by atoms with Crippen molar-refractivity contribution in [2.45, 2.75) is 71.0 Å². The van der Waals surface area contributed by atoms with Gasteiger partial charge in [0.25, 0.3) is 6.43 Å². The molecule has 3 aliphatic rings. The molecular weight excluding hydrogens is 474 g/mol. The van der Waals surface area contributed by atoms with Gasteiger partial charge >= 0.3 is 0 Å². The molecule has 0 atom stereocenters. The van der Waals surface area contributed by atoms with E-state index in [9.17, 15) is 8.78 Å². The highest BCUT2D eigenvalue weighted by Crippen LogP contribution is 2.43. The van der Waals surface area contributed by atoms with Gasteiger partial charge in [0.15, 0.2) is 5.82 Å². The second-order valence-electron chi connectivity index (χ2n) is 10.9. The van der Waals surface area contributed by atoms with E-state index in [-0.39, 0.29) is 5.56 Å². The number of rotatable bonds is 5. The first-order valence-electron chi connectivity index (χ1n) is 13.5. The fourth-order valence-electron chi connectivity index (χ4n) is 6.20. The zero-order valence-electron chi connectivity index (χ0n) is 22.0. The molecule has 5 heterocycles. The van der Waals surface area contributed by atoms with Gasteiger partial charge in [-0.3, -0.25) is 14.3 Å². The van der Waals surface area contributed by atoms with Gasteiger partial charge < -0.3 is 9.64 Å². The Morgan fingerprint density at radius 2 is 1.89 bits per heavy atom. The largest absolute Gasteiger partial charge is 0.381 e. The minimum Gasteiger partial charge on any atom is -0.381 e. The smallest absolute Gasteiger partial charge is 0.264 e. The number of halogens is 2. The molecule has 6 rings (SSSR count). The lowest BCUT2D eigenvalue weighted by Gasteiger charge is -2.34. The van der Waals surface area contributed by atoms with Crippen LogP contribution in [0.25, 0.3) is 11.1 Å². The Morgan fingerprint density at radius 3 is 2.59 bits per heavy atom. The first kappa shape index (κ1) is 24.6. The standard InChI is InChI=1S/C28H36F2N6O/c1-18(2)34-10-6-25-24(17-34)28(32-36(25)21-7-11-37-12-8-21)35-9-4-5-19-13-22(20-15-31-33(3)16-20)23(27(29)30)14-26(19)35/h13-16,18,21,27H,4-12,17H2,1-3H3. The summed E-state index contributed by atoms with van der Waals surface area (Å²) in [5, 5.41) is 9.47. The van der Waals surface area contributed by atoms with Crippen LogP contribution in [0.2, 0.25) is 0 Å². The van der Waals surface area contributed by atoms with Gasteiger partial charge in [0, 0.05) is 86.6 Å². The molecule has 0 aliphatic carbocycles. The van der Waals surface area contributed by atoms with Crippen LogP contribution in [-0.2, 0) is 31.2 Å². The van der Waals surface area contributed by atoms with Crippen LogP contribution in [0.1, 0.15) is 68.0 Å². The molecule has 198 valence electrons. The average molecular weight is 511 g/mol.